The lowest BCUT2D eigenvalue weighted by molar-refractivity contribution is -0.127. The summed E-state index contributed by atoms with van der Waals surface area (Å²) in [6, 6.07) is 16.0. The maximum Gasteiger partial charge on any atom is 0.245 e. The largest absolute Gasteiger partial charge is 0.496 e. The number of carbonyl (C=O) groups excluding carboxylic acids is 1. The van der Waals surface area contributed by atoms with E-state index >= 15 is 0 Å². The molecule has 0 radical (unpaired) electrons. The molecule has 0 N–H and O–H groups in total. The molecule has 4 heteroatoms. The van der Waals surface area contributed by atoms with Gasteiger partial charge < -0.3 is 14.4 Å². The maximum atomic E-state index is 11.7. The Balaban J connectivity index is 1.72. The molecule has 1 fully saturated rings. The molecule has 1 aliphatic heterocycles. The lowest BCUT2D eigenvalue weighted by atomic mass is 10.0. The van der Waals surface area contributed by atoms with E-state index in [4.69, 9.17) is 9.47 Å². The lowest BCUT2D eigenvalue weighted by Crippen LogP contribution is -2.41. The Morgan fingerprint density at radius 2 is 1.88 bits per heavy atom. The smallest absolute Gasteiger partial charge is 0.245 e. The van der Waals surface area contributed by atoms with Gasteiger partial charge in [0.2, 0.25) is 5.91 Å². The van der Waals surface area contributed by atoms with Crippen LogP contribution in [-0.2, 0) is 4.79 Å². The second-order valence-corrected chi connectivity index (χ2v) is 6.07. The summed E-state index contributed by atoms with van der Waals surface area (Å²) < 4.78 is 11.6. The number of hydrogen-bond acceptors (Lipinski definition) is 3. The minimum Gasteiger partial charge on any atom is -0.496 e. The third-order valence-corrected chi connectivity index (χ3v) is 4.49. The van der Waals surface area contributed by atoms with E-state index < -0.39 is 0 Å². The second kappa shape index (κ2) is 7.88. The van der Waals surface area contributed by atoms with Crippen LogP contribution in [0.2, 0.25) is 0 Å². The van der Waals surface area contributed by atoms with Crippen LogP contribution in [0.25, 0.3) is 11.1 Å². The lowest BCUT2D eigenvalue weighted by Gasteiger charge is -2.31. The average molecular weight is 337 g/mol. The third kappa shape index (κ3) is 4.02. The molecule has 0 saturated carbocycles. The van der Waals surface area contributed by atoms with Crippen molar-refractivity contribution in [3.05, 3.63) is 61.2 Å². The number of carbonyl (C=O) groups is 1. The van der Waals surface area contributed by atoms with Crippen molar-refractivity contribution in [3.63, 3.8) is 0 Å². The van der Waals surface area contributed by atoms with Crippen molar-refractivity contribution < 1.29 is 14.3 Å². The minimum absolute atomic E-state index is 0.00531. The Bertz CT molecular complexity index is 734. The van der Waals surface area contributed by atoms with Crippen molar-refractivity contribution in [1.82, 2.24) is 4.90 Å². The summed E-state index contributed by atoms with van der Waals surface area (Å²) >= 11 is 0. The van der Waals surface area contributed by atoms with Gasteiger partial charge in [-0.15, -0.1) is 0 Å². The molecule has 25 heavy (non-hydrogen) atoms. The highest BCUT2D eigenvalue weighted by molar-refractivity contribution is 5.87. The van der Waals surface area contributed by atoms with Gasteiger partial charge in [0.15, 0.2) is 0 Å². The van der Waals surface area contributed by atoms with E-state index in [0.29, 0.717) is 13.1 Å². The Morgan fingerprint density at radius 3 is 2.52 bits per heavy atom. The van der Waals surface area contributed by atoms with E-state index in [1.54, 1.807) is 7.11 Å². The van der Waals surface area contributed by atoms with Gasteiger partial charge in [0.05, 0.1) is 7.11 Å². The predicted octanol–water partition coefficient (Wildman–Crippen LogP) is 3.92. The molecule has 0 atom stereocenters. The van der Waals surface area contributed by atoms with Gasteiger partial charge in [-0.1, -0.05) is 36.9 Å². The zero-order valence-corrected chi connectivity index (χ0v) is 14.5. The van der Waals surface area contributed by atoms with Gasteiger partial charge in [-0.25, -0.2) is 0 Å². The quantitative estimate of drug-likeness (QED) is 0.776. The fourth-order valence-electron chi connectivity index (χ4n) is 3.12. The molecule has 0 bridgehead atoms. The van der Waals surface area contributed by atoms with E-state index in [0.717, 1.165) is 35.5 Å². The zero-order valence-electron chi connectivity index (χ0n) is 14.5. The molecular weight excluding hydrogens is 314 g/mol. The number of amides is 1. The Morgan fingerprint density at radius 1 is 1.16 bits per heavy atom. The minimum atomic E-state index is -0.00531. The molecule has 0 unspecified atom stereocenters. The summed E-state index contributed by atoms with van der Waals surface area (Å²) in [6.07, 6.45) is 3.14. The molecule has 130 valence electrons. The maximum absolute atomic E-state index is 11.7. The highest BCUT2D eigenvalue weighted by atomic mass is 16.5. The number of likely N-dealkylation sites (tertiary alicyclic amines) is 1. The van der Waals surface area contributed by atoms with Crippen LogP contribution in [0.15, 0.2) is 61.2 Å². The number of rotatable bonds is 5. The highest BCUT2D eigenvalue weighted by Gasteiger charge is 2.22. The first-order valence-corrected chi connectivity index (χ1v) is 8.52. The van der Waals surface area contributed by atoms with E-state index in [1.807, 2.05) is 41.3 Å². The van der Waals surface area contributed by atoms with Gasteiger partial charge in [0, 0.05) is 31.5 Å². The van der Waals surface area contributed by atoms with Gasteiger partial charge >= 0.3 is 0 Å². The number of piperidine rings is 1. The van der Waals surface area contributed by atoms with E-state index in [1.165, 1.54) is 6.08 Å². The molecule has 2 aromatic rings. The van der Waals surface area contributed by atoms with E-state index in [2.05, 4.69) is 18.7 Å². The molecule has 1 heterocycles. The standard InChI is InChI=1S/C21H23NO3/c1-3-21(23)22-13-11-17(12-14-22)25-18-9-10-20(24-2)19(15-18)16-7-5-4-6-8-16/h3-10,15,17H,1,11-14H2,2H3. The number of nitrogens with zero attached hydrogens (tertiary/aromatic N) is 1. The van der Waals surface area contributed by atoms with Gasteiger partial charge in [0.25, 0.3) is 0 Å². The Labute approximate surface area is 148 Å². The van der Waals surface area contributed by atoms with E-state index in [9.17, 15) is 4.79 Å². The van der Waals surface area contributed by atoms with Gasteiger partial charge in [-0.05, 0) is 29.8 Å². The summed E-state index contributed by atoms with van der Waals surface area (Å²) in [5.74, 6) is 1.65. The van der Waals surface area contributed by atoms with Gasteiger partial charge in [0.1, 0.15) is 17.6 Å². The fourth-order valence-corrected chi connectivity index (χ4v) is 3.12. The number of benzene rings is 2. The van der Waals surface area contributed by atoms with Crippen LogP contribution < -0.4 is 9.47 Å². The van der Waals surface area contributed by atoms with Crippen molar-refractivity contribution in [2.75, 3.05) is 20.2 Å². The first kappa shape index (κ1) is 17.1. The van der Waals surface area contributed by atoms with Crippen molar-refractivity contribution in [1.29, 1.82) is 0 Å². The first-order valence-electron chi connectivity index (χ1n) is 8.52. The molecule has 0 aliphatic carbocycles. The number of ether oxygens (including phenoxy) is 2. The SMILES string of the molecule is C=CC(=O)N1CCC(Oc2ccc(OC)c(-c3ccccc3)c2)CC1. The van der Waals surface area contributed by atoms with Crippen LogP contribution in [-0.4, -0.2) is 37.1 Å². The summed E-state index contributed by atoms with van der Waals surface area (Å²) in [7, 11) is 1.68. The normalized spacial score (nSPS) is 14.8. The van der Waals surface area contributed by atoms with Crippen LogP contribution in [0.4, 0.5) is 0 Å². The van der Waals surface area contributed by atoms with Gasteiger partial charge in [-0.3, -0.25) is 4.79 Å². The molecule has 1 amide bonds. The molecule has 0 aromatic heterocycles. The number of hydrogen-bond donors (Lipinski definition) is 0. The fraction of sp³-hybridized carbons (Fsp3) is 0.286. The van der Waals surface area contributed by atoms with Crippen LogP contribution in [0.5, 0.6) is 11.5 Å². The average Bonchev–Trinajstić information content (AvgIpc) is 2.68. The summed E-state index contributed by atoms with van der Waals surface area (Å²) in [4.78, 5) is 13.5. The van der Waals surface area contributed by atoms with Crippen LogP contribution >= 0.6 is 0 Å². The summed E-state index contributed by atoms with van der Waals surface area (Å²) in [5, 5.41) is 0. The second-order valence-electron chi connectivity index (χ2n) is 6.07. The number of methoxy groups -OCH3 is 1. The third-order valence-electron chi connectivity index (χ3n) is 4.49. The van der Waals surface area contributed by atoms with Crippen molar-refractivity contribution in [3.8, 4) is 22.6 Å². The predicted molar refractivity (Wildman–Crippen MR) is 98.9 cm³/mol. The summed E-state index contributed by atoms with van der Waals surface area (Å²) in [6.45, 7) is 4.95. The van der Waals surface area contributed by atoms with Crippen molar-refractivity contribution in [2.24, 2.45) is 0 Å². The Hall–Kier alpha value is -2.75. The molecule has 1 saturated heterocycles. The molecule has 0 spiro atoms. The topological polar surface area (TPSA) is 38.8 Å². The first-order chi connectivity index (χ1) is 12.2. The molecule has 4 nitrogen and oxygen atoms in total. The monoisotopic (exact) mass is 337 g/mol. The molecule has 1 aliphatic rings. The molecule has 2 aromatic carbocycles. The van der Waals surface area contributed by atoms with Crippen LogP contribution in [0.1, 0.15) is 12.8 Å². The highest BCUT2D eigenvalue weighted by Crippen LogP contribution is 2.34. The van der Waals surface area contributed by atoms with Crippen LogP contribution in [0.3, 0.4) is 0 Å². The Kier molecular flexibility index (Phi) is 5.39. The van der Waals surface area contributed by atoms with Crippen LogP contribution in [0, 0.1) is 0 Å². The van der Waals surface area contributed by atoms with Crippen molar-refractivity contribution in [2.45, 2.75) is 18.9 Å². The van der Waals surface area contributed by atoms with Crippen molar-refractivity contribution >= 4 is 5.91 Å². The molecular formula is C21H23NO3. The summed E-state index contributed by atoms with van der Waals surface area (Å²) in [5.41, 5.74) is 2.11. The zero-order chi connectivity index (χ0) is 17.6. The molecule has 3 rings (SSSR count). The van der Waals surface area contributed by atoms with Gasteiger partial charge in [-0.2, -0.15) is 0 Å². The van der Waals surface area contributed by atoms with E-state index in [-0.39, 0.29) is 12.0 Å².